The van der Waals surface area contributed by atoms with Gasteiger partial charge in [-0.2, -0.15) is 0 Å². The van der Waals surface area contributed by atoms with Crippen LogP contribution in [-0.2, 0) is 14.4 Å². The first-order valence-electron chi connectivity index (χ1n) is 8.02. The van der Waals surface area contributed by atoms with Gasteiger partial charge in [-0.3, -0.25) is 14.4 Å². The molecule has 0 bridgehead atoms. The number of ketones is 3. The van der Waals surface area contributed by atoms with Crippen molar-refractivity contribution < 1.29 is 14.4 Å². The van der Waals surface area contributed by atoms with Gasteiger partial charge in [-0.15, -0.1) is 0 Å². The molecule has 2 rings (SSSR count). The van der Waals surface area contributed by atoms with E-state index in [0.717, 1.165) is 50.5 Å². The average molecular weight is 294 g/mol. The summed E-state index contributed by atoms with van der Waals surface area (Å²) in [6.07, 6.45) is 9.93. The molecule has 0 N–H and O–H groups in total. The molecule has 21 heavy (non-hydrogen) atoms. The van der Waals surface area contributed by atoms with Crippen molar-refractivity contribution in [2.75, 3.05) is 0 Å². The highest BCUT2D eigenvalue weighted by Gasteiger charge is 2.18. The van der Waals surface area contributed by atoms with E-state index in [1.165, 1.54) is 6.42 Å². The minimum atomic E-state index is 0.125. The highest BCUT2D eigenvalue weighted by Crippen LogP contribution is 2.19. The molecular formula is C18H30O3. The lowest BCUT2D eigenvalue weighted by Gasteiger charge is -2.05. The Labute approximate surface area is 129 Å². The second-order valence-corrected chi connectivity index (χ2v) is 6.19. The molecule has 0 spiro atoms. The molecule has 0 saturated heterocycles. The Bertz CT molecular complexity index is 368. The lowest BCUT2D eigenvalue weighted by Crippen LogP contribution is -2.02. The van der Waals surface area contributed by atoms with Crippen molar-refractivity contribution in [1.82, 2.24) is 0 Å². The third-order valence-corrected chi connectivity index (χ3v) is 3.51. The molecule has 0 heterocycles. The molecule has 120 valence electrons. The first-order chi connectivity index (χ1) is 9.82. The van der Waals surface area contributed by atoms with Crippen LogP contribution in [0.2, 0.25) is 0 Å². The normalized spacial score (nSPS) is 20.7. The van der Waals surface area contributed by atoms with E-state index < -0.39 is 0 Å². The van der Waals surface area contributed by atoms with E-state index in [1.54, 1.807) is 13.0 Å². The fourth-order valence-corrected chi connectivity index (χ4v) is 2.34. The Balaban J connectivity index is 0.000000286. The Hall–Kier alpha value is -1.25. The summed E-state index contributed by atoms with van der Waals surface area (Å²) in [6, 6.07) is 0. The molecule has 0 radical (unpaired) electrons. The Morgan fingerprint density at radius 3 is 1.67 bits per heavy atom. The topological polar surface area (TPSA) is 51.2 Å². The maximum atomic E-state index is 10.6. The molecular weight excluding hydrogens is 264 g/mol. The van der Waals surface area contributed by atoms with Crippen LogP contribution in [0.3, 0.4) is 0 Å². The minimum absolute atomic E-state index is 0.125. The van der Waals surface area contributed by atoms with E-state index in [4.69, 9.17) is 0 Å². The molecule has 0 aromatic carbocycles. The van der Waals surface area contributed by atoms with Crippen LogP contribution in [0, 0.1) is 5.92 Å². The second kappa shape index (κ2) is 11.4. The van der Waals surface area contributed by atoms with Gasteiger partial charge < -0.3 is 0 Å². The second-order valence-electron chi connectivity index (χ2n) is 6.19. The van der Waals surface area contributed by atoms with Crippen molar-refractivity contribution in [3.63, 3.8) is 0 Å². The molecule has 0 amide bonds. The van der Waals surface area contributed by atoms with Crippen LogP contribution in [0.15, 0.2) is 11.6 Å². The van der Waals surface area contributed by atoms with Crippen LogP contribution < -0.4 is 0 Å². The number of hydrogen-bond acceptors (Lipinski definition) is 3. The van der Waals surface area contributed by atoms with Gasteiger partial charge in [0, 0.05) is 25.2 Å². The van der Waals surface area contributed by atoms with Crippen molar-refractivity contribution in [2.45, 2.75) is 79.1 Å². The standard InChI is InChI=1S/3C6H10O/c1-5-3-2-4-6(5)7;7-6-4-2-1-3-5-6;1-5(2)4-6(3)7/h5H,2-4H2,1H3;1-5H2;4H,1-3H3. The van der Waals surface area contributed by atoms with Crippen molar-refractivity contribution in [2.24, 2.45) is 5.92 Å². The van der Waals surface area contributed by atoms with Gasteiger partial charge in [-0.1, -0.05) is 18.9 Å². The molecule has 2 aliphatic rings. The van der Waals surface area contributed by atoms with Crippen LogP contribution >= 0.6 is 0 Å². The van der Waals surface area contributed by atoms with Crippen LogP contribution in [-0.4, -0.2) is 17.3 Å². The lowest BCUT2D eigenvalue weighted by molar-refractivity contribution is -0.121. The summed E-state index contributed by atoms with van der Waals surface area (Å²) in [5.74, 6) is 1.42. The third-order valence-electron chi connectivity index (χ3n) is 3.51. The van der Waals surface area contributed by atoms with E-state index >= 15 is 0 Å². The van der Waals surface area contributed by atoms with E-state index in [0.29, 0.717) is 17.5 Å². The zero-order valence-electron chi connectivity index (χ0n) is 14.0. The summed E-state index contributed by atoms with van der Waals surface area (Å²) < 4.78 is 0. The minimum Gasteiger partial charge on any atom is -0.300 e. The summed E-state index contributed by atoms with van der Waals surface area (Å²) >= 11 is 0. The third kappa shape index (κ3) is 12.2. The molecule has 2 fully saturated rings. The molecule has 1 unspecified atom stereocenters. The smallest absolute Gasteiger partial charge is 0.152 e. The molecule has 1 atom stereocenters. The summed E-state index contributed by atoms with van der Waals surface area (Å²) in [5, 5.41) is 0. The number of hydrogen-bond donors (Lipinski definition) is 0. The maximum Gasteiger partial charge on any atom is 0.152 e. The number of rotatable bonds is 1. The fraction of sp³-hybridized carbons (Fsp3) is 0.722. The van der Waals surface area contributed by atoms with Gasteiger partial charge in [0.1, 0.15) is 11.6 Å². The predicted molar refractivity (Wildman–Crippen MR) is 86.2 cm³/mol. The van der Waals surface area contributed by atoms with Gasteiger partial charge in [0.25, 0.3) is 0 Å². The molecule has 3 heteroatoms. The van der Waals surface area contributed by atoms with Gasteiger partial charge in [-0.25, -0.2) is 0 Å². The summed E-state index contributed by atoms with van der Waals surface area (Å²) in [5.41, 5.74) is 1.06. The summed E-state index contributed by atoms with van der Waals surface area (Å²) in [7, 11) is 0. The van der Waals surface area contributed by atoms with E-state index in [2.05, 4.69) is 0 Å². The molecule has 0 aliphatic heterocycles. The lowest BCUT2D eigenvalue weighted by atomic mass is 10.00. The summed E-state index contributed by atoms with van der Waals surface area (Å²) in [4.78, 5) is 31.2. The molecule has 2 aliphatic carbocycles. The van der Waals surface area contributed by atoms with Crippen LogP contribution in [0.25, 0.3) is 0 Å². The average Bonchev–Trinajstić information content (AvgIpc) is 2.74. The molecule has 2 saturated carbocycles. The van der Waals surface area contributed by atoms with Crippen molar-refractivity contribution in [3.05, 3.63) is 11.6 Å². The number of allylic oxidation sites excluding steroid dienone is 2. The first-order valence-corrected chi connectivity index (χ1v) is 8.02. The fourth-order valence-electron chi connectivity index (χ4n) is 2.34. The summed E-state index contributed by atoms with van der Waals surface area (Å²) in [6.45, 7) is 7.37. The number of carbonyl (C=O) groups is 3. The van der Waals surface area contributed by atoms with E-state index in [-0.39, 0.29) is 5.78 Å². The Morgan fingerprint density at radius 1 is 0.952 bits per heavy atom. The maximum absolute atomic E-state index is 10.6. The van der Waals surface area contributed by atoms with Crippen LogP contribution in [0.4, 0.5) is 0 Å². The Morgan fingerprint density at radius 2 is 1.52 bits per heavy atom. The van der Waals surface area contributed by atoms with Gasteiger partial charge in [0.05, 0.1) is 0 Å². The zero-order valence-corrected chi connectivity index (χ0v) is 14.0. The molecule has 3 nitrogen and oxygen atoms in total. The quantitative estimate of drug-likeness (QED) is 0.672. The molecule has 0 aromatic rings. The van der Waals surface area contributed by atoms with Gasteiger partial charge in [0.2, 0.25) is 0 Å². The SMILES string of the molecule is CC(=O)C=C(C)C.CC1CCCC1=O.O=C1CCCCC1. The number of Topliss-reactive ketones (excluding diaryl/α,β-unsaturated/α-hetero) is 2. The van der Waals surface area contributed by atoms with Gasteiger partial charge in [0.15, 0.2) is 5.78 Å². The van der Waals surface area contributed by atoms with Crippen molar-refractivity contribution in [1.29, 1.82) is 0 Å². The van der Waals surface area contributed by atoms with E-state index in [1.807, 2.05) is 20.8 Å². The largest absolute Gasteiger partial charge is 0.300 e. The molecule has 0 aromatic heterocycles. The van der Waals surface area contributed by atoms with Crippen molar-refractivity contribution in [3.8, 4) is 0 Å². The first kappa shape index (κ1) is 19.8. The van der Waals surface area contributed by atoms with E-state index in [9.17, 15) is 14.4 Å². The number of carbonyl (C=O) groups excluding carboxylic acids is 3. The predicted octanol–water partition coefficient (Wildman–Crippen LogP) is 4.44. The highest BCUT2D eigenvalue weighted by atomic mass is 16.1. The monoisotopic (exact) mass is 294 g/mol. The zero-order chi connectivity index (χ0) is 16.3. The Kier molecular flexibility index (Phi) is 10.7. The van der Waals surface area contributed by atoms with Gasteiger partial charge in [-0.05, 0) is 52.5 Å². The van der Waals surface area contributed by atoms with Crippen LogP contribution in [0.5, 0.6) is 0 Å². The van der Waals surface area contributed by atoms with Gasteiger partial charge >= 0.3 is 0 Å². The highest BCUT2D eigenvalue weighted by molar-refractivity contribution is 5.87. The van der Waals surface area contributed by atoms with Crippen molar-refractivity contribution >= 4 is 17.3 Å². The van der Waals surface area contributed by atoms with Crippen LogP contribution in [0.1, 0.15) is 79.1 Å².